The lowest BCUT2D eigenvalue weighted by Crippen LogP contribution is -2.30. The number of carbonyl (C=O) groups is 1. The number of benzene rings is 2. The van der Waals surface area contributed by atoms with E-state index in [2.05, 4.69) is 48.2 Å². The van der Waals surface area contributed by atoms with Crippen LogP contribution < -0.4 is 4.90 Å². The maximum atomic E-state index is 12.5. The molecule has 0 spiro atoms. The Labute approximate surface area is 137 Å². The molecule has 3 heteroatoms. The van der Waals surface area contributed by atoms with E-state index in [0.717, 1.165) is 11.6 Å². The lowest BCUT2D eigenvalue weighted by atomic mass is 10.1. The van der Waals surface area contributed by atoms with Crippen LogP contribution in [0.1, 0.15) is 41.6 Å². The molecular formula is C20H22N2O. The van der Waals surface area contributed by atoms with Crippen LogP contribution in [0.15, 0.2) is 48.5 Å². The van der Waals surface area contributed by atoms with Gasteiger partial charge in [0, 0.05) is 5.69 Å². The molecule has 118 valence electrons. The molecular weight excluding hydrogens is 284 g/mol. The SMILES string of the molecule is Cc1ccc(N2C(=O)CN(C)C2c2ccc(C3CC3)cc2)cc1. The Morgan fingerprint density at radius 2 is 1.52 bits per heavy atom. The van der Waals surface area contributed by atoms with Crippen molar-refractivity contribution in [2.75, 3.05) is 18.5 Å². The first kappa shape index (κ1) is 14.5. The predicted octanol–water partition coefficient (Wildman–Crippen LogP) is 3.85. The Hall–Kier alpha value is -2.13. The summed E-state index contributed by atoms with van der Waals surface area (Å²) in [6.07, 6.45) is 2.62. The third-order valence-corrected chi connectivity index (χ3v) is 4.91. The highest BCUT2D eigenvalue weighted by Gasteiger charge is 2.37. The quantitative estimate of drug-likeness (QED) is 0.860. The monoisotopic (exact) mass is 306 g/mol. The highest BCUT2D eigenvalue weighted by atomic mass is 16.2. The number of amides is 1. The van der Waals surface area contributed by atoms with Crippen LogP contribution in [-0.4, -0.2) is 24.4 Å². The molecule has 2 aliphatic rings. The maximum Gasteiger partial charge on any atom is 0.242 e. The van der Waals surface area contributed by atoms with Crippen LogP contribution in [0, 0.1) is 6.92 Å². The van der Waals surface area contributed by atoms with Crippen molar-refractivity contribution in [1.82, 2.24) is 4.90 Å². The van der Waals surface area contributed by atoms with Crippen molar-refractivity contribution in [3.63, 3.8) is 0 Å². The molecule has 3 nitrogen and oxygen atoms in total. The molecule has 1 heterocycles. The first-order chi connectivity index (χ1) is 11.1. The van der Waals surface area contributed by atoms with Gasteiger partial charge in [0.15, 0.2) is 0 Å². The minimum atomic E-state index is -0.0153. The van der Waals surface area contributed by atoms with Crippen LogP contribution in [0.2, 0.25) is 0 Å². The minimum Gasteiger partial charge on any atom is -0.291 e. The summed E-state index contributed by atoms with van der Waals surface area (Å²) < 4.78 is 0. The summed E-state index contributed by atoms with van der Waals surface area (Å²) in [5, 5.41) is 0. The summed E-state index contributed by atoms with van der Waals surface area (Å²) in [7, 11) is 2.02. The number of hydrogen-bond acceptors (Lipinski definition) is 2. The van der Waals surface area contributed by atoms with Gasteiger partial charge < -0.3 is 0 Å². The van der Waals surface area contributed by atoms with E-state index in [1.807, 2.05) is 24.1 Å². The zero-order valence-electron chi connectivity index (χ0n) is 13.7. The van der Waals surface area contributed by atoms with Crippen LogP contribution in [0.25, 0.3) is 0 Å². The van der Waals surface area contributed by atoms with Crippen LogP contribution in [0.3, 0.4) is 0 Å². The number of carbonyl (C=O) groups excluding carboxylic acids is 1. The minimum absolute atomic E-state index is 0.0153. The Balaban J connectivity index is 1.68. The fourth-order valence-electron chi connectivity index (χ4n) is 3.46. The van der Waals surface area contributed by atoms with Gasteiger partial charge in [0.2, 0.25) is 5.91 Å². The maximum absolute atomic E-state index is 12.5. The van der Waals surface area contributed by atoms with Crippen molar-refractivity contribution in [3.8, 4) is 0 Å². The molecule has 4 rings (SSSR count). The Morgan fingerprint density at radius 1 is 0.913 bits per heavy atom. The average Bonchev–Trinajstić information content (AvgIpc) is 3.34. The van der Waals surface area contributed by atoms with Crippen molar-refractivity contribution in [3.05, 3.63) is 65.2 Å². The molecule has 2 aromatic carbocycles. The first-order valence-corrected chi connectivity index (χ1v) is 8.32. The standard InChI is InChI=1S/C20H22N2O/c1-14-3-11-18(12-4-14)22-19(23)13-21(2)20(22)17-9-7-16(8-10-17)15-5-6-15/h3-4,7-12,15,20H,5-6,13H2,1-2H3. The molecule has 1 aliphatic heterocycles. The number of anilines is 1. The van der Waals surface area contributed by atoms with Crippen LogP contribution >= 0.6 is 0 Å². The Kier molecular flexibility index (Phi) is 3.46. The number of hydrogen-bond donors (Lipinski definition) is 0. The van der Waals surface area contributed by atoms with E-state index in [1.165, 1.54) is 29.5 Å². The molecule has 1 amide bonds. The molecule has 0 aromatic heterocycles. The fraction of sp³-hybridized carbons (Fsp3) is 0.350. The van der Waals surface area contributed by atoms with Crippen molar-refractivity contribution in [2.24, 2.45) is 0 Å². The summed E-state index contributed by atoms with van der Waals surface area (Å²) in [5.41, 5.74) is 4.80. The molecule has 0 bridgehead atoms. The van der Waals surface area contributed by atoms with Crippen molar-refractivity contribution < 1.29 is 4.79 Å². The smallest absolute Gasteiger partial charge is 0.242 e. The Morgan fingerprint density at radius 3 is 2.13 bits per heavy atom. The molecule has 2 aromatic rings. The predicted molar refractivity (Wildman–Crippen MR) is 92.5 cm³/mol. The van der Waals surface area contributed by atoms with Crippen LogP contribution in [0.4, 0.5) is 5.69 Å². The zero-order valence-corrected chi connectivity index (χ0v) is 13.7. The van der Waals surface area contributed by atoms with E-state index in [9.17, 15) is 4.79 Å². The summed E-state index contributed by atoms with van der Waals surface area (Å²) in [6.45, 7) is 2.53. The summed E-state index contributed by atoms with van der Waals surface area (Å²) in [5.74, 6) is 0.924. The van der Waals surface area contributed by atoms with Gasteiger partial charge in [0.05, 0.1) is 6.54 Å². The number of likely N-dealkylation sites (N-methyl/N-ethyl adjacent to an activating group) is 1. The molecule has 1 unspecified atom stereocenters. The second-order valence-electron chi connectivity index (χ2n) is 6.83. The van der Waals surface area contributed by atoms with Gasteiger partial charge in [-0.2, -0.15) is 0 Å². The number of aryl methyl sites for hydroxylation is 1. The van der Waals surface area contributed by atoms with Gasteiger partial charge in [0.25, 0.3) is 0 Å². The van der Waals surface area contributed by atoms with Crippen molar-refractivity contribution >= 4 is 11.6 Å². The normalized spacial score (nSPS) is 21.9. The number of rotatable bonds is 3. The van der Waals surface area contributed by atoms with Crippen LogP contribution in [0.5, 0.6) is 0 Å². The van der Waals surface area contributed by atoms with Gasteiger partial charge in [-0.25, -0.2) is 0 Å². The van der Waals surface area contributed by atoms with Gasteiger partial charge in [-0.3, -0.25) is 14.6 Å². The van der Waals surface area contributed by atoms with Crippen LogP contribution in [-0.2, 0) is 4.79 Å². The second-order valence-corrected chi connectivity index (χ2v) is 6.83. The van der Waals surface area contributed by atoms with E-state index < -0.39 is 0 Å². The third-order valence-electron chi connectivity index (χ3n) is 4.91. The molecule has 0 radical (unpaired) electrons. The lowest BCUT2D eigenvalue weighted by molar-refractivity contribution is -0.116. The molecule has 1 atom stereocenters. The topological polar surface area (TPSA) is 23.6 Å². The van der Waals surface area contributed by atoms with Gasteiger partial charge in [-0.05, 0) is 56.0 Å². The third kappa shape index (κ3) is 2.66. The van der Waals surface area contributed by atoms with E-state index in [4.69, 9.17) is 0 Å². The number of nitrogens with zero attached hydrogens (tertiary/aromatic N) is 2. The van der Waals surface area contributed by atoms with Gasteiger partial charge in [-0.15, -0.1) is 0 Å². The molecule has 1 saturated carbocycles. The van der Waals surface area contributed by atoms with Crippen molar-refractivity contribution in [2.45, 2.75) is 31.8 Å². The van der Waals surface area contributed by atoms with E-state index in [1.54, 1.807) is 0 Å². The first-order valence-electron chi connectivity index (χ1n) is 8.32. The zero-order chi connectivity index (χ0) is 16.0. The molecule has 2 fully saturated rings. The molecule has 23 heavy (non-hydrogen) atoms. The highest BCUT2D eigenvalue weighted by Crippen LogP contribution is 2.41. The summed E-state index contributed by atoms with van der Waals surface area (Å²) in [6, 6.07) is 17.1. The van der Waals surface area contributed by atoms with Crippen molar-refractivity contribution in [1.29, 1.82) is 0 Å². The van der Waals surface area contributed by atoms with Gasteiger partial charge >= 0.3 is 0 Å². The highest BCUT2D eigenvalue weighted by molar-refractivity contribution is 5.97. The largest absolute Gasteiger partial charge is 0.291 e. The summed E-state index contributed by atoms with van der Waals surface area (Å²) in [4.78, 5) is 16.6. The molecule has 0 N–H and O–H groups in total. The second kappa shape index (κ2) is 5.50. The fourth-order valence-corrected chi connectivity index (χ4v) is 3.46. The van der Waals surface area contributed by atoms with Gasteiger partial charge in [-0.1, -0.05) is 42.0 Å². The lowest BCUT2D eigenvalue weighted by Gasteiger charge is -2.28. The average molecular weight is 306 g/mol. The molecule has 1 aliphatic carbocycles. The van der Waals surface area contributed by atoms with E-state index >= 15 is 0 Å². The van der Waals surface area contributed by atoms with E-state index in [0.29, 0.717) is 6.54 Å². The molecule has 1 saturated heterocycles. The van der Waals surface area contributed by atoms with Gasteiger partial charge in [0.1, 0.15) is 6.17 Å². The Bertz CT molecular complexity index is 716. The van der Waals surface area contributed by atoms with E-state index in [-0.39, 0.29) is 12.1 Å². The summed E-state index contributed by atoms with van der Waals surface area (Å²) >= 11 is 0.